The third kappa shape index (κ3) is 4.30. The summed E-state index contributed by atoms with van der Waals surface area (Å²) in [6.45, 7) is 1.61. The minimum Gasteiger partial charge on any atom is -0.478 e. The summed E-state index contributed by atoms with van der Waals surface area (Å²) in [4.78, 5) is 20.4. The van der Waals surface area contributed by atoms with E-state index < -0.39 is 5.97 Å². The summed E-state index contributed by atoms with van der Waals surface area (Å²) >= 11 is 5.72. The van der Waals surface area contributed by atoms with Crippen molar-refractivity contribution in [2.45, 2.75) is 12.1 Å². The maximum Gasteiger partial charge on any atom is 0.335 e. The zero-order valence-electron chi connectivity index (χ0n) is 17.5. The molecule has 0 spiro atoms. The number of aromatic nitrogens is 2. The van der Waals surface area contributed by atoms with Gasteiger partial charge in [0.25, 0.3) is 0 Å². The molecule has 8 heteroatoms. The van der Waals surface area contributed by atoms with E-state index in [1.807, 2.05) is 55.2 Å². The van der Waals surface area contributed by atoms with Crippen LogP contribution in [-0.4, -0.2) is 62.7 Å². The molecule has 0 amide bonds. The van der Waals surface area contributed by atoms with Gasteiger partial charge in [-0.1, -0.05) is 12.1 Å². The average Bonchev–Trinajstić information content (AvgIpc) is 3.37. The van der Waals surface area contributed by atoms with Crippen molar-refractivity contribution in [2.24, 2.45) is 0 Å². The van der Waals surface area contributed by atoms with Gasteiger partial charge in [0.2, 0.25) is 0 Å². The molecule has 0 unspecified atom stereocenters. The topological polar surface area (TPSA) is 73.6 Å². The number of carboxylic acid groups (broad SMARTS) is 1. The summed E-state index contributed by atoms with van der Waals surface area (Å²) < 4.78 is 2.03. The first-order chi connectivity index (χ1) is 15.0. The maximum atomic E-state index is 11.5. The van der Waals surface area contributed by atoms with Crippen molar-refractivity contribution in [3.8, 4) is 5.69 Å². The van der Waals surface area contributed by atoms with Crippen LogP contribution in [0.4, 0.5) is 0 Å². The molecule has 1 fully saturated rings. The molecule has 2 atom stereocenters. The van der Waals surface area contributed by atoms with Crippen molar-refractivity contribution in [1.29, 1.82) is 0 Å². The summed E-state index contributed by atoms with van der Waals surface area (Å²) in [5.74, 6) is -0.946. The molecular weight excluding hydrogens is 410 g/mol. The fraction of sp³-hybridized carbons (Fsp3) is 0.261. The van der Waals surface area contributed by atoms with Crippen LogP contribution in [0.2, 0.25) is 0 Å². The number of carboxylic acids is 1. The van der Waals surface area contributed by atoms with Crippen LogP contribution in [0.1, 0.15) is 33.8 Å². The summed E-state index contributed by atoms with van der Waals surface area (Å²) in [6, 6.07) is 16.7. The molecule has 1 aliphatic rings. The Labute approximate surface area is 186 Å². The van der Waals surface area contributed by atoms with Crippen molar-refractivity contribution >= 4 is 23.3 Å². The van der Waals surface area contributed by atoms with Gasteiger partial charge < -0.3 is 24.8 Å². The lowest BCUT2D eigenvalue weighted by molar-refractivity contribution is 0.0697. The predicted octanol–water partition coefficient (Wildman–Crippen LogP) is 3.10. The third-order valence-electron chi connectivity index (χ3n) is 5.44. The van der Waals surface area contributed by atoms with E-state index in [2.05, 4.69) is 26.2 Å². The Kier molecular flexibility index (Phi) is 6.01. The Balaban J connectivity index is 1.79. The van der Waals surface area contributed by atoms with Crippen molar-refractivity contribution in [3.63, 3.8) is 0 Å². The van der Waals surface area contributed by atoms with Crippen LogP contribution in [0.5, 0.6) is 0 Å². The lowest BCUT2D eigenvalue weighted by Crippen LogP contribution is -2.36. The van der Waals surface area contributed by atoms with E-state index in [9.17, 15) is 9.90 Å². The van der Waals surface area contributed by atoms with Crippen LogP contribution in [0.25, 0.3) is 5.69 Å². The van der Waals surface area contributed by atoms with Gasteiger partial charge in [-0.05, 0) is 68.8 Å². The van der Waals surface area contributed by atoms with E-state index in [1.165, 1.54) is 0 Å². The number of hydrogen-bond acceptors (Lipinski definition) is 4. The number of hydrogen-bond donors (Lipinski definition) is 2. The molecule has 160 valence electrons. The molecule has 2 N–H and O–H groups in total. The number of nitrogens with one attached hydrogen (secondary N) is 1. The molecule has 0 aliphatic carbocycles. The van der Waals surface area contributed by atoms with Gasteiger partial charge in [0.05, 0.1) is 23.3 Å². The quantitative estimate of drug-likeness (QED) is 0.553. The summed E-state index contributed by atoms with van der Waals surface area (Å²) in [6.07, 6.45) is 3.74. The van der Waals surface area contributed by atoms with Gasteiger partial charge in [-0.2, -0.15) is 0 Å². The highest BCUT2D eigenvalue weighted by atomic mass is 32.1. The normalized spacial score (nSPS) is 18.4. The van der Waals surface area contributed by atoms with Crippen LogP contribution >= 0.6 is 12.2 Å². The second-order valence-electron chi connectivity index (χ2n) is 7.78. The third-order valence-corrected chi connectivity index (χ3v) is 5.79. The number of benzene rings is 1. The van der Waals surface area contributed by atoms with Crippen molar-refractivity contribution < 1.29 is 9.90 Å². The first-order valence-electron chi connectivity index (χ1n) is 10.1. The number of nitrogens with zero attached hydrogens (tertiary/aromatic N) is 4. The number of thiocarbonyl (C=S) groups is 1. The number of pyridine rings is 1. The summed E-state index contributed by atoms with van der Waals surface area (Å²) in [5.41, 5.74) is 2.98. The molecule has 2 aromatic heterocycles. The maximum absolute atomic E-state index is 11.5. The Morgan fingerprint density at radius 1 is 1.19 bits per heavy atom. The fourth-order valence-electron chi connectivity index (χ4n) is 3.93. The van der Waals surface area contributed by atoms with Crippen LogP contribution < -0.4 is 5.32 Å². The van der Waals surface area contributed by atoms with Crippen molar-refractivity contribution in [1.82, 2.24) is 24.7 Å². The molecule has 1 aliphatic heterocycles. The van der Waals surface area contributed by atoms with E-state index in [-0.39, 0.29) is 17.6 Å². The number of rotatable bonds is 7. The number of aromatic carboxylic acids is 1. The molecule has 31 heavy (non-hydrogen) atoms. The monoisotopic (exact) mass is 435 g/mol. The molecule has 0 radical (unpaired) electrons. The molecule has 1 aromatic carbocycles. The second kappa shape index (κ2) is 8.87. The van der Waals surface area contributed by atoms with E-state index in [4.69, 9.17) is 12.2 Å². The van der Waals surface area contributed by atoms with Crippen LogP contribution in [0.15, 0.2) is 67.0 Å². The highest BCUT2D eigenvalue weighted by molar-refractivity contribution is 7.80. The largest absolute Gasteiger partial charge is 0.478 e. The Morgan fingerprint density at radius 2 is 2.03 bits per heavy atom. The van der Waals surface area contributed by atoms with Gasteiger partial charge in [-0.15, -0.1) is 0 Å². The minimum absolute atomic E-state index is 0.0918. The first-order valence-corrected chi connectivity index (χ1v) is 10.5. The lowest BCUT2D eigenvalue weighted by atomic mass is 10.0. The Hall–Kier alpha value is -3.23. The Bertz CT molecular complexity index is 1080. The van der Waals surface area contributed by atoms with Gasteiger partial charge in [-0.3, -0.25) is 4.98 Å². The molecular formula is C23H25N5O2S. The van der Waals surface area contributed by atoms with E-state index in [0.717, 1.165) is 30.2 Å². The summed E-state index contributed by atoms with van der Waals surface area (Å²) in [7, 11) is 4.08. The van der Waals surface area contributed by atoms with Crippen LogP contribution in [-0.2, 0) is 0 Å². The van der Waals surface area contributed by atoms with Gasteiger partial charge >= 0.3 is 5.97 Å². The predicted molar refractivity (Wildman–Crippen MR) is 123 cm³/mol. The molecule has 4 rings (SSSR count). The van der Waals surface area contributed by atoms with Gasteiger partial charge in [-0.25, -0.2) is 4.79 Å². The molecule has 0 saturated carbocycles. The highest BCUT2D eigenvalue weighted by Crippen LogP contribution is 2.39. The number of carbonyl (C=O) groups is 1. The lowest BCUT2D eigenvalue weighted by Gasteiger charge is -2.29. The molecule has 0 bridgehead atoms. The van der Waals surface area contributed by atoms with E-state index in [1.54, 1.807) is 24.4 Å². The van der Waals surface area contributed by atoms with E-state index in [0.29, 0.717) is 5.11 Å². The van der Waals surface area contributed by atoms with Crippen molar-refractivity contribution in [3.05, 3.63) is 83.9 Å². The average molecular weight is 436 g/mol. The Morgan fingerprint density at radius 3 is 2.74 bits per heavy atom. The highest BCUT2D eigenvalue weighted by Gasteiger charge is 2.41. The standard InChI is InChI=1S/C23H25N5O2S/c1-26(2)13-14-28-21(20(25-23(28)31)18-9-3-4-11-24-18)19-10-6-12-27(19)17-8-5-7-16(15-17)22(29)30/h3-12,15,20-21H,13-14H2,1-2H3,(H,25,31)(H,29,30)/t20-,21+/m1/s1. The second-order valence-corrected chi connectivity index (χ2v) is 8.17. The minimum atomic E-state index is -0.946. The number of likely N-dealkylation sites (N-methyl/N-ethyl adjacent to an activating group) is 1. The fourth-order valence-corrected chi connectivity index (χ4v) is 4.27. The molecule has 7 nitrogen and oxygen atoms in total. The molecule has 3 aromatic rings. The van der Waals surface area contributed by atoms with Gasteiger partial charge in [0, 0.05) is 36.9 Å². The SMILES string of the molecule is CN(C)CCN1C(=S)N[C@H](c2ccccn2)[C@@H]1c1cccn1-c1cccc(C(=O)O)c1. The van der Waals surface area contributed by atoms with Crippen molar-refractivity contribution in [2.75, 3.05) is 27.2 Å². The molecule has 3 heterocycles. The van der Waals surface area contributed by atoms with Crippen LogP contribution in [0.3, 0.4) is 0 Å². The first kappa shape index (κ1) is 21.0. The molecule has 1 saturated heterocycles. The van der Waals surface area contributed by atoms with Gasteiger partial charge in [0.15, 0.2) is 5.11 Å². The van der Waals surface area contributed by atoms with Gasteiger partial charge in [0.1, 0.15) is 0 Å². The smallest absolute Gasteiger partial charge is 0.335 e. The van der Waals surface area contributed by atoms with Crippen LogP contribution in [0, 0.1) is 0 Å². The van der Waals surface area contributed by atoms with E-state index >= 15 is 0 Å². The zero-order chi connectivity index (χ0) is 22.0. The zero-order valence-corrected chi connectivity index (χ0v) is 18.3. The summed E-state index contributed by atoms with van der Waals surface area (Å²) in [5, 5.41) is 13.6.